The van der Waals surface area contributed by atoms with Crippen LogP contribution < -0.4 is 14.2 Å². The molecule has 28 heavy (non-hydrogen) atoms. The van der Waals surface area contributed by atoms with Gasteiger partial charge in [-0.05, 0) is 55.2 Å². The second-order valence-corrected chi connectivity index (χ2v) is 7.85. The number of hydrogen-bond acceptors (Lipinski definition) is 5. The van der Waals surface area contributed by atoms with Crippen molar-refractivity contribution >= 4 is 11.3 Å². The lowest BCUT2D eigenvalue weighted by Crippen LogP contribution is -1.96. The number of ether oxygens (including phenoxy) is 3. The monoisotopic (exact) mass is 397 g/mol. The highest BCUT2D eigenvalue weighted by molar-refractivity contribution is 7.15. The van der Waals surface area contributed by atoms with Crippen LogP contribution in [0, 0.1) is 6.92 Å². The molecule has 0 aliphatic heterocycles. The van der Waals surface area contributed by atoms with Crippen molar-refractivity contribution in [3.8, 4) is 27.8 Å². The number of benzene rings is 2. The molecule has 0 aliphatic rings. The van der Waals surface area contributed by atoms with Crippen LogP contribution in [0.3, 0.4) is 0 Å². The van der Waals surface area contributed by atoms with Gasteiger partial charge in [0.1, 0.15) is 17.4 Å². The second kappa shape index (κ2) is 9.11. The molecule has 148 valence electrons. The van der Waals surface area contributed by atoms with Crippen molar-refractivity contribution in [1.82, 2.24) is 4.98 Å². The Morgan fingerprint density at radius 3 is 2.36 bits per heavy atom. The molecule has 3 rings (SSSR count). The Morgan fingerprint density at radius 1 is 1.00 bits per heavy atom. The zero-order chi connectivity index (χ0) is 20.1. The molecule has 1 aromatic heterocycles. The second-order valence-electron chi connectivity index (χ2n) is 6.76. The molecule has 5 heteroatoms. The minimum absolute atomic E-state index is 0.513. The van der Waals surface area contributed by atoms with Crippen molar-refractivity contribution < 1.29 is 14.2 Å². The van der Waals surface area contributed by atoms with Crippen LogP contribution in [0.2, 0.25) is 0 Å². The summed E-state index contributed by atoms with van der Waals surface area (Å²) in [6.07, 6.45) is 1.14. The van der Waals surface area contributed by atoms with Crippen molar-refractivity contribution in [2.45, 2.75) is 39.7 Å². The summed E-state index contributed by atoms with van der Waals surface area (Å²) < 4.78 is 16.7. The van der Waals surface area contributed by atoms with Gasteiger partial charge in [-0.1, -0.05) is 26.0 Å². The van der Waals surface area contributed by atoms with Gasteiger partial charge in [-0.3, -0.25) is 0 Å². The molecular formula is C23H27NO3S. The average molecular weight is 398 g/mol. The summed E-state index contributed by atoms with van der Waals surface area (Å²) in [5.41, 5.74) is 3.35. The maximum absolute atomic E-state index is 6.00. The summed E-state index contributed by atoms with van der Waals surface area (Å²) >= 11 is 1.64. The topological polar surface area (TPSA) is 40.6 Å². The van der Waals surface area contributed by atoms with Crippen LogP contribution in [0.4, 0.5) is 0 Å². The first-order chi connectivity index (χ1) is 13.5. The van der Waals surface area contributed by atoms with E-state index in [1.807, 2.05) is 37.3 Å². The third-order valence-corrected chi connectivity index (χ3v) is 6.13. The highest BCUT2D eigenvalue weighted by Crippen LogP contribution is 2.35. The highest BCUT2D eigenvalue weighted by atomic mass is 32.1. The van der Waals surface area contributed by atoms with Crippen molar-refractivity contribution in [1.29, 1.82) is 0 Å². The lowest BCUT2D eigenvalue weighted by Gasteiger charge is -2.10. The first-order valence-corrected chi connectivity index (χ1v) is 10.3. The van der Waals surface area contributed by atoms with Gasteiger partial charge >= 0.3 is 0 Å². The Labute approximate surface area is 171 Å². The first kappa shape index (κ1) is 20.2. The number of rotatable bonds is 8. The summed E-state index contributed by atoms with van der Waals surface area (Å²) in [4.78, 5) is 5.84. The van der Waals surface area contributed by atoms with Crippen molar-refractivity contribution in [3.05, 3.63) is 58.6 Å². The molecule has 2 aromatic carbocycles. The molecule has 0 aliphatic carbocycles. The lowest BCUT2D eigenvalue weighted by atomic mass is 9.99. The van der Waals surface area contributed by atoms with Gasteiger partial charge in [0.15, 0.2) is 11.5 Å². The molecule has 0 saturated heterocycles. The quantitative estimate of drug-likeness (QED) is 0.452. The number of aromatic nitrogens is 1. The van der Waals surface area contributed by atoms with E-state index in [0.29, 0.717) is 24.0 Å². The standard InChI is InChI=1S/C23H27NO3S/c1-6-15(2)17-7-10-19(11-8-17)27-14-22-16(3)24-23(28-22)18-9-12-20(25-4)21(13-18)26-5/h7-13,15H,6,14H2,1-5H3. The number of methoxy groups -OCH3 is 2. The van der Waals surface area contributed by atoms with E-state index in [2.05, 4.69) is 26.0 Å². The van der Waals surface area contributed by atoms with Gasteiger partial charge in [0.25, 0.3) is 0 Å². The van der Waals surface area contributed by atoms with Crippen LogP contribution in [0.15, 0.2) is 42.5 Å². The average Bonchev–Trinajstić information content (AvgIpc) is 3.12. The van der Waals surface area contributed by atoms with Crippen molar-refractivity contribution in [2.75, 3.05) is 14.2 Å². The Bertz CT molecular complexity index is 918. The van der Waals surface area contributed by atoms with Crippen LogP contribution in [0.25, 0.3) is 10.6 Å². The molecule has 0 amide bonds. The molecule has 0 N–H and O–H groups in total. The maximum Gasteiger partial charge on any atom is 0.161 e. The van der Waals surface area contributed by atoms with Crippen molar-refractivity contribution in [2.24, 2.45) is 0 Å². The van der Waals surface area contributed by atoms with Gasteiger partial charge in [0.05, 0.1) is 24.8 Å². The fraction of sp³-hybridized carbons (Fsp3) is 0.348. The molecule has 0 fully saturated rings. The van der Waals surface area contributed by atoms with E-state index in [4.69, 9.17) is 19.2 Å². The van der Waals surface area contributed by atoms with Gasteiger partial charge in [-0.2, -0.15) is 0 Å². The number of aryl methyl sites for hydroxylation is 1. The van der Waals surface area contributed by atoms with E-state index in [1.54, 1.807) is 25.6 Å². The lowest BCUT2D eigenvalue weighted by molar-refractivity contribution is 0.308. The molecule has 0 saturated carbocycles. The van der Waals surface area contributed by atoms with E-state index in [1.165, 1.54) is 5.56 Å². The third-order valence-electron chi connectivity index (χ3n) is 4.95. The number of hydrogen-bond donors (Lipinski definition) is 0. The summed E-state index contributed by atoms with van der Waals surface area (Å²) in [6, 6.07) is 14.3. The molecular weight excluding hydrogens is 370 g/mol. The maximum atomic E-state index is 6.00. The van der Waals surface area contributed by atoms with Gasteiger partial charge in [0.2, 0.25) is 0 Å². The van der Waals surface area contributed by atoms with E-state index in [9.17, 15) is 0 Å². The van der Waals surface area contributed by atoms with Gasteiger partial charge in [-0.25, -0.2) is 4.98 Å². The van der Waals surface area contributed by atoms with Crippen LogP contribution in [-0.4, -0.2) is 19.2 Å². The Morgan fingerprint density at radius 2 is 1.71 bits per heavy atom. The summed E-state index contributed by atoms with van der Waals surface area (Å²) in [5, 5.41) is 0.948. The SMILES string of the molecule is CCC(C)c1ccc(OCc2sc(-c3ccc(OC)c(OC)c3)nc2C)cc1. The number of thiazole rings is 1. The van der Waals surface area contributed by atoms with Gasteiger partial charge < -0.3 is 14.2 Å². The Balaban J connectivity index is 1.72. The summed E-state index contributed by atoms with van der Waals surface area (Å²) in [5.74, 6) is 2.87. The predicted molar refractivity (Wildman–Crippen MR) is 115 cm³/mol. The van der Waals surface area contributed by atoms with E-state index in [-0.39, 0.29) is 0 Å². The highest BCUT2D eigenvalue weighted by Gasteiger charge is 2.13. The number of nitrogens with zero attached hydrogens (tertiary/aromatic N) is 1. The van der Waals surface area contributed by atoms with E-state index in [0.717, 1.165) is 33.3 Å². The van der Waals surface area contributed by atoms with E-state index >= 15 is 0 Å². The van der Waals surface area contributed by atoms with Crippen LogP contribution >= 0.6 is 11.3 Å². The van der Waals surface area contributed by atoms with Crippen LogP contribution in [-0.2, 0) is 6.61 Å². The van der Waals surface area contributed by atoms with Crippen LogP contribution in [0.1, 0.15) is 42.3 Å². The predicted octanol–water partition coefficient (Wildman–Crippen LogP) is 6.23. The fourth-order valence-corrected chi connectivity index (χ4v) is 3.90. The normalized spacial score (nSPS) is 11.9. The van der Waals surface area contributed by atoms with Crippen LogP contribution in [0.5, 0.6) is 17.2 Å². The zero-order valence-electron chi connectivity index (χ0n) is 17.1. The summed E-state index contributed by atoms with van der Waals surface area (Å²) in [6.45, 7) is 6.98. The largest absolute Gasteiger partial charge is 0.493 e. The first-order valence-electron chi connectivity index (χ1n) is 9.47. The molecule has 0 bridgehead atoms. The smallest absolute Gasteiger partial charge is 0.161 e. The minimum Gasteiger partial charge on any atom is -0.493 e. The molecule has 1 heterocycles. The minimum atomic E-state index is 0.513. The molecule has 4 nitrogen and oxygen atoms in total. The van der Waals surface area contributed by atoms with E-state index < -0.39 is 0 Å². The Kier molecular flexibility index (Phi) is 6.57. The van der Waals surface area contributed by atoms with Crippen molar-refractivity contribution in [3.63, 3.8) is 0 Å². The molecule has 1 unspecified atom stereocenters. The van der Waals surface area contributed by atoms with Gasteiger partial charge in [-0.15, -0.1) is 11.3 Å². The van der Waals surface area contributed by atoms with Gasteiger partial charge in [0, 0.05) is 5.56 Å². The molecule has 0 radical (unpaired) electrons. The molecule has 0 spiro atoms. The fourth-order valence-electron chi connectivity index (χ4n) is 2.93. The third kappa shape index (κ3) is 4.47. The molecule has 1 atom stereocenters. The Hall–Kier alpha value is -2.53. The summed E-state index contributed by atoms with van der Waals surface area (Å²) in [7, 11) is 3.27. The zero-order valence-corrected chi connectivity index (χ0v) is 17.9. The molecule has 3 aromatic rings.